The maximum Gasteiger partial charge on any atom is 0.340 e. The first-order valence-electron chi connectivity index (χ1n) is 6.19. The van der Waals surface area contributed by atoms with Crippen molar-refractivity contribution in [2.45, 2.75) is 6.92 Å². The summed E-state index contributed by atoms with van der Waals surface area (Å²) in [6, 6.07) is 8.33. The first-order valence-corrected chi connectivity index (χ1v) is 6.57. The first kappa shape index (κ1) is 15.0. The molecule has 0 fully saturated rings. The van der Waals surface area contributed by atoms with Crippen LogP contribution in [-0.2, 0) is 9.53 Å². The fourth-order valence-electron chi connectivity index (χ4n) is 1.57. The molecule has 108 valence electrons. The highest BCUT2D eigenvalue weighted by molar-refractivity contribution is 6.31. The predicted molar refractivity (Wildman–Crippen MR) is 79.3 cm³/mol. The van der Waals surface area contributed by atoms with E-state index in [2.05, 4.69) is 10.3 Å². The summed E-state index contributed by atoms with van der Waals surface area (Å²) in [5.41, 5.74) is 1.76. The summed E-state index contributed by atoms with van der Waals surface area (Å²) in [6.07, 6.45) is 2.92. The van der Waals surface area contributed by atoms with Crippen molar-refractivity contribution in [2.24, 2.45) is 0 Å². The van der Waals surface area contributed by atoms with E-state index in [1.165, 1.54) is 6.20 Å². The number of carbonyl (C=O) groups is 2. The zero-order valence-electron chi connectivity index (χ0n) is 11.3. The number of benzene rings is 1. The second kappa shape index (κ2) is 6.85. The van der Waals surface area contributed by atoms with Crippen LogP contribution in [0.25, 0.3) is 0 Å². The number of amides is 1. The molecule has 2 rings (SSSR count). The van der Waals surface area contributed by atoms with E-state index in [9.17, 15) is 9.59 Å². The Balaban J connectivity index is 1.87. The summed E-state index contributed by atoms with van der Waals surface area (Å²) in [5.74, 6) is -1.03. The zero-order valence-corrected chi connectivity index (χ0v) is 12.1. The number of ether oxygens (including phenoxy) is 1. The van der Waals surface area contributed by atoms with E-state index in [0.717, 1.165) is 5.56 Å². The molecule has 0 saturated heterocycles. The second-order valence-electron chi connectivity index (χ2n) is 4.33. The minimum absolute atomic E-state index is 0.295. The summed E-state index contributed by atoms with van der Waals surface area (Å²) in [6.45, 7) is 1.49. The number of hydrogen-bond acceptors (Lipinski definition) is 4. The van der Waals surface area contributed by atoms with Crippen LogP contribution in [-0.4, -0.2) is 23.5 Å². The molecule has 1 aromatic heterocycles. The van der Waals surface area contributed by atoms with Crippen molar-refractivity contribution in [3.05, 3.63) is 58.9 Å². The average Bonchev–Trinajstić information content (AvgIpc) is 2.49. The van der Waals surface area contributed by atoms with Crippen LogP contribution < -0.4 is 5.32 Å². The molecule has 5 nitrogen and oxygen atoms in total. The fourth-order valence-corrected chi connectivity index (χ4v) is 1.75. The van der Waals surface area contributed by atoms with Crippen LogP contribution in [0.15, 0.2) is 42.7 Å². The van der Waals surface area contributed by atoms with E-state index in [0.29, 0.717) is 16.3 Å². The molecule has 2 aromatic rings. The van der Waals surface area contributed by atoms with Crippen molar-refractivity contribution in [1.82, 2.24) is 4.98 Å². The van der Waals surface area contributed by atoms with Gasteiger partial charge in [0, 0.05) is 23.1 Å². The van der Waals surface area contributed by atoms with Crippen LogP contribution >= 0.6 is 11.6 Å². The van der Waals surface area contributed by atoms with Crippen molar-refractivity contribution in [3.8, 4) is 0 Å². The highest BCUT2D eigenvalue weighted by Crippen LogP contribution is 2.19. The molecule has 0 radical (unpaired) electrons. The number of carbonyl (C=O) groups excluding carboxylic acids is 2. The molecule has 0 atom stereocenters. The molecule has 1 N–H and O–H groups in total. The van der Waals surface area contributed by atoms with E-state index in [1.807, 2.05) is 6.92 Å². The number of hydrogen-bond donors (Lipinski definition) is 1. The third-order valence-electron chi connectivity index (χ3n) is 2.69. The van der Waals surface area contributed by atoms with Crippen molar-refractivity contribution >= 4 is 29.2 Å². The first-order chi connectivity index (χ1) is 10.1. The molecule has 0 saturated carbocycles. The summed E-state index contributed by atoms with van der Waals surface area (Å²) in [7, 11) is 0. The summed E-state index contributed by atoms with van der Waals surface area (Å²) in [4.78, 5) is 27.1. The monoisotopic (exact) mass is 304 g/mol. The Morgan fingerprint density at radius 3 is 2.81 bits per heavy atom. The molecule has 0 unspecified atom stereocenters. The lowest BCUT2D eigenvalue weighted by Crippen LogP contribution is -2.21. The molecule has 21 heavy (non-hydrogen) atoms. The van der Waals surface area contributed by atoms with Crippen molar-refractivity contribution in [2.75, 3.05) is 11.9 Å². The molecule has 0 bridgehead atoms. The van der Waals surface area contributed by atoms with Gasteiger partial charge in [-0.1, -0.05) is 17.7 Å². The molecular formula is C15H13ClN2O3. The largest absolute Gasteiger partial charge is 0.452 e. The number of nitrogens with zero attached hydrogens (tertiary/aromatic N) is 1. The normalized spacial score (nSPS) is 10.0. The Kier molecular flexibility index (Phi) is 4.90. The van der Waals surface area contributed by atoms with Gasteiger partial charge in [0.1, 0.15) is 0 Å². The molecule has 0 aliphatic rings. The number of halogens is 1. The van der Waals surface area contributed by atoms with Gasteiger partial charge in [-0.15, -0.1) is 0 Å². The Morgan fingerprint density at radius 2 is 2.14 bits per heavy atom. The maximum atomic E-state index is 11.7. The van der Waals surface area contributed by atoms with E-state index in [1.54, 1.807) is 36.5 Å². The fraction of sp³-hybridized carbons (Fsp3) is 0.133. The van der Waals surface area contributed by atoms with Crippen molar-refractivity contribution < 1.29 is 14.3 Å². The number of nitrogens with one attached hydrogen (secondary N) is 1. The number of aryl methyl sites for hydroxylation is 1. The minimum atomic E-state index is -0.597. The summed E-state index contributed by atoms with van der Waals surface area (Å²) < 4.78 is 4.89. The Hall–Kier alpha value is -2.40. The van der Waals surface area contributed by atoms with Crippen LogP contribution in [0, 0.1) is 6.92 Å². The van der Waals surface area contributed by atoms with Gasteiger partial charge in [-0.3, -0.25) is 9.78 Å². The van der Waals surface area contributed by atoms with Crippen LogP contribution in [0.4, 0.5) is 5.69 Å². The molecule has 6 heteroatoms. The van der Waals surface area contributed by atoms with Gasteiger partial charge in [0.05, 0.1) is 5.56 Å². The lowest BCUT2D eigenvalue weighted by atomic mass is 10.2. The van der Waals surface area contributed by atoms with Gasteiger partial charge in [0.25, 0.3) is 5.91 Å². The SMILES string of the molecule is Cc1ccc(NC(=O)COC(=O)c2cccnc2)cc1Cl. The molecule has 1 amide bonds. The van der Waals surface area contributed by atoms with E-state index in [-0.39, 0.29) is 6.61 Å². The topological polar surface area (TPSA) is 68.3 Å². The highest BCUT2D eigenvalue weighted by Gasteiger charge is 2.10. The Morgan fingerprint density at radius 1 is 1.33 bits per heavy atom. The molecule has 0 aliphatic heterocycles. The average molecular weight is 305 g/mol. The lowest BCUT2D eigenvalue weighted by molar-refractivity contribution is -0.119. The van der Waals surface area contributed by atoms with Gasteiger partial charge in [0.2, 0.25) is 0 Å². The Bertz CT molecular complexity index is 659. The molecule has 1 aromatic carbocycles. The standard InChI is InChI=1S/C15H13ClN2O3/c1-10-4-5-12(7-13(10)16)18-14(19)9-21-15(20)11-3-2-6-17-8-11/h2-8H,9H2,1H3,(H,18,19). The van der Waals surface area contributed by atoms with Crippen molar-refractivity contribution in [1.29, 1.82) is 0 Å². The maximum absolute atomic E-state index is 11.7. The second-order valence-corrected chi connectivity index (χ2v) is 4.74. The zero-order chi connectivity index (χ0) is 15.2. The Labute approximate surface area is 126 Å². The number of aromatic nitrogens is 1. The number of pyridine rings is 1. The lowest BCUT2D eigenvalue weighted by Gasteiger charge is -2.07. The number of esters is 1. The highest BCUT2D eigenvalue weighted by atomic mass is 35.5. The van der Waals surface area contributed by atoms with Gasteiger partial charge in [-0.25, -0.2) is 4.79 Å². The van der Waals surface area contributed by atoms with E-state index >= 15 is 0 Å². The minimum Gasteiger partial charge on any atom is -0.452 e. The van der Waals surface area contributed by atoms with Gasteiger partial charge in [-0.05, 0) is 36.8 Å². The van der Waals surface area contributed by atoms with E-state index < -0.39 is 11.9 Å². The van der Waals surface area contributed by atoms with Crippen LogP contribution in [0.2, 0.25) is 5.02 Å². The number of anilines is 1. The van der Waals surface area contributed by atoms with Crippen LogP contribution in [0.1, 0.15) is 15.9 Å². The van der Waals surface area contributed by atoms with Crippen LogP contribution in [0.3, 0.4) is 0 Å². The van der Waals surface area contributed by atoms with Crippen LogP contribution in [0.5, 0.6) is 0 Å². The van der Waals surface area contributed by atoms with Gasteiger partial charge >= 0.3 is 5.97 Å². The smallest absolute Gasteiger partial charge is 0.340 e. The van der Waals surface area contributed by atoms with Crippen molar-refractivity contribution in [3.63, 3.8) is 0 Å². The molecule has 1 heterocycles. The molecular weight excluding hydrogens is 292 g/mol. The van der Waals surface area contributed by atoms with Gasteiger partial charge < -0.3 is 10.1 Å². The summed E-state index contributed by atoms with van der Waals surface area (Å²) >= 11 is 5.96. The quantitative estimate of drug-likeness (QED) is 0.882. The molecule has 0 spiro atoms. The predicted octanol–water partition coefficient (Wildman–Crippen LogP) is 2.84. The van der Waals surface area contributed by atoms with Gasteiger partial charge in [-0.2, -0.15) is 0 Å². The van der Waals surface area contributed by atoms with E-state index in [4.69, 9.17) is 16.3 Å². The number of rotatable bonds is 4. The summed E-state index contributed by atoms with van der Waals surface area (Å²) in [5, 5.41) is 3.16. The van der Waals surface area contributed by atoms with Gasteiger partial charge in [0.15, 0.2) is 6.61 Å². The third kappa shape index (κ3) is 4.29. The molecule has 0 aliphatic carbocycles. The third-order valence-corrected chi connectivity index (χ3v) is 3.09.